The van der Waals surface area contributed by atoms with Crippen molar-refractivity contribution in [3.05, 3.63) is 90.2 Å². The fourth-order valence-corrected chi connectivity index (χ4v) is 3.62. The highest BCUT2D eigenvalue weighted by atomic mass is 32.2. The van der Waals surface area contributed by atoms with Crippen molar-refractivity contribution in [1.82, 2.24) is 0 Å². The van der Waals surface area contributed by atoms with Crippen LogP contribution in [0.5, 0.6) is 5.75 Å². The summed E-state index contributed by atoms with van der Waals surface area (Å²) in [4.78, 5) is 13.9. The lowest BCUT2D eigenvalue weighted by Gasteiger charge is -2.18. The Labute approximate surface area is 162 Å². The third kappa shape index (κ3) is 5.11. The SMILES string of the molecule is CCOc1ccccc1NC(=O)C(Sc1ccc(F)cc1)c1ccccc1. The second-order valence-electron chi connectivity index (χ2n) is 5.78. The smallest absolute Gasteiger partial charge is 0.242 e. The van der Waals surface area contributed by atoms with Crippen molar-refractivity contribution in [3.8, 4) is 5.75 Å². The molecule has 0 saturated carbocycles. The van der Waals surface area contributed by atoms with Crippen molar-refractivity contribution in [2.45, 2.75) is 17.1 Å². The Balaban J connectivity index is 1.86. The Morgan fingerprint density at radius 2 is 1.67 bits per heavy atom. The maximum Gasteiger partial charge on any atom is 0.242 e. The third-order valence-corrected chi connectivity index (χ3v) is 5.12. The minimum absolute atomic E-state index is 0.164. The van der Waals surface area contributed by atoms with Crippen LogP contribution in [-0.2, 0) is 4.79 Å². The second kappa shape index (κ2) is 9.24. The van der Waals surface area contributed by atoms with Crippen molar-refractivity contribution >= 4 is 23.4 Å². The molecule has 3 rings (SSSR count). The number of ether oxygens (including phenoxy) is 1. The van der Waals surface area contributed by atoms with E-state index in [0.29, 0.717) is 18.0 Å². The summed E-state index contributed by atoms with van der Waals surface area (Å²) in [7, 11) is 0. The van der Waals surface area contributed by atoms with E-state index in [2.05, 4.69) is 5.32 Å². The highest BCUT2D eigenvalue weighted by Crippen LogP contribution is 2.37. The van der Waals surface area contributed by atoms with Crippen LogP contribution in [0, 0.1) is 5.82 Å². The quantitative estimate of drug-likeness (QED) is 0.534. The van der Waals surface area contributed by atoms with Crippen molar-refractivity contribution < 1.29 is 13.9 Å². The molecule has 138 valence electrons. The van der Waals surface area contributed by atoms with E-state index >= 15 is 0 Å². The summed E-state index contributed by atoms with van der Waals surface area (Å²) in [5, 5.41) is 2.49. The van der Waals surface area contributed by atoms with Gasteiger partial charge in [0.25, 0.3) is 0 Å². The molecule has 3 aromatic rings. The molecule has 5 heteroatoms. The van der Waals surface area contributed by atoms with Crippen molar-refractivity contribution in [2.75, 3.05) is 11.9 Å². The average molecular weight is 381 g/mol. The monoisotopic (exact) mass is 381 g/mol. The first kappa shape index (κ1) is 19.0. The van der Waals surface area contributed by atoms with Crippen LogP contribution in [0.25, 0.3) is 0 Å². The van der Waals surface area contributed by atoms with Crippen LogP contribution in [-0.4, -0.2) is 12.5 Å². The Bertz CT molecular complexity index is 884. The highest BCUT2D eigenvalue weighted by Gasteiger charge is 2.23. The fraction of sp³-hybridized carbons (Fsp3) is 0.136. The van der Waals surface area contributed by atoms with Gasteiger partial charge in [0.1, 0.15) is 16.8 Å². The number of nitrogens with one attached hydrogen (secondary N) is 1. The van der Waals surface area contributed by atoms with E-state index in [1.165, 1.54) is 23.9 Å². The van der Waals surface area contributed by atoms with Crippen LogP contribution in [0.1, 0.15) is 17.7 Å². The summed E-state index contributed by atoms with van der Waals surface area (Å²) in [6, 6.07) is 23.0. The first-order chi connectivity index (χ1) is 13.2. The van der Waals surface area contributed by atoms with Gasteiger partial charge < -0.3 is 10.1 Å². The first-order valence-corrected chi connectivity index (χ1v) is 9.55. The van der Waals surface area contributed by atoms with E-state index in [-0.39, 0.29) is 11.7 Å². The molecule has 0 saturated heterocycles. The molecule has 1 atom stereocenters. The van der Waals surface area contributed by atoms with E-state index in [9.17, 15) is 9.18 Å². The number of benzene rings is 3. The first-order valence-electron chi connectivity index (χ1n) is 8.67. The molecule has 0 spiro atoms. The maximum absolute atomic E-state index is 13.2. The minimum Gasteiger partial charge on any atom is -0.492 e. The lowest BCUT2D eigenvalue weighted by atomic mass is 10.1. The van der Waals surface area contributed by atoms with Crippen LogP contribution < -0.4 is 10.1 Å². The van der Waals surface area contributed by atoms with Crippen molar-refractivity contribution in [1.29, 1.82) is 0 Å². The number of thioether (sulfide) groups is 1. The minimum atomic E-state index is -0.480. The molecule has 3 nitrogen and oxygen atoms in total. The number of para-hydroxylation sites is 2. The van der Waals surface area contributed by atoms with Crippen LogP contribution in [0.2, 0.25) is 0 Å². The summed E-state index contributed by atoms with van der Waals surface area (Å²) in [5.74, 6) is 0.167. The Morgan fingerprint density at radius 1 is 1.00 bits per heavy atom. The number of halogens is 1. The van der Waals surface area contributed by atoms with Gasteiger partial charge in [0.05, 0.1) is 12.3 Å². The van der Waals surface area contributed by atoms with Gasteiger partial charge in [-0.05, 0) is 48.9 Å². The zero-order valence-electron chi connectivity index (χ0n) is 14.9. The van der Waals surface area contributed by atoms with Gasteiger partial charge in [-0.3, -0.25) is 4.79 Å². The predicted octanol–water partition coefficient (Wildman–Crippen LogP) is 5.70. The summed E-state index contributed by atoms with van der Waals surface area (Å²) in [5.41, 5.74) is 1.50. The number of amides is 1. The summed E-state index contributed by atoms with van der Waals surface area (Å²) in [6.45, 7) is 2.41. The molecule has 1 unspecified atom stereocenters. The molecule has 0 bridgehead atoms. The molecule has 0 radical (unpaired) electrons. The predicted molar refractivity (Wildman–Crippen MR) is 108 cm³/mol. The molecule has 0 aliphatic heterocycles. The number of carbonyl (C=O) groups is 1. The van der Waals surface area contributed by atoms with Gasteiger partial charge in [0.2, 0.25) is 5.91 Å². The zero-order chi connectivity index (χ0) is 19.1. The van der Waals surface area contributed by atoms with Crippen LogP contribution in [0.15, 0.2) is 83.8 Å². The van der Waals surface area contributed by atoms with Gasteiger partial charge in [-0.25, -0.2) is 4.39 Å². The standard InChI is InChI=1S/C22H20FNO2S/c1-2-26-20-11-7-6-10-19(20)24-22(25)21(16-8-4-3-5-9-16)27-18-14-12-17(23)13-15-18/h3-15,21H,2H2,1H3,(H,24,25). The van der Waals surface area contributed by atoms with E-state index in [1.807, 2.05) is 61.5 Å². The normalized spacial score (nSPS) is 11.6. The third-order valence-electron chi connectivity index (χ3n) is 3.85. The van der Waals surface area contributed by atoms with E-state index in [0.717, 1.165) is 10.5 Å². The lowest BCUT2D eigenvalue weighted by Crippen LogP contribution is -2.19. The second-order valence-corrected chi connectivity index (χ2v) is 6.96. The zero-order valence-corrected chi connectivity index (χ0v) is 15.7. The number of hydrogen-bond acceptors (Lipinski definition) is 3. The van der Waals surface area contributed by atoms with Crippen LogP contribution in [0.4, 0.5) is 10.1 Å². The van der Waals surface area contributed by atoms with Gasteiger partial charge >= 0.3 is 0 Å². The molecule has 3 aromatic carbocycles. The van der Waals surface area contributed by atoms with E-state index in [4.69, 9.17) is 4.74 Å². The van der Waals surface area contributed by atoms with Gasteiger partial charge in [0, 0.05) is 4.90 Å². The molecular formula is C22H20FNO2S. The maximum atomic E-state index is 13.2. The molecule has 27 heavy (non-hydrogen) atoms. The van der Waals surface area contributed by atoms with E-state index in [1.54, 1.807) is 12.1 Å². The molecule has 0 fully saturated rings. The Hall–Kier alpha value is -2.79. The van der Waals surface area contributed by atoms with Crippen molar-refractivity contribution in [2.24, 2.45) is 0 Å². The molecular weight excluding hydrogens is 361 g/mol. The average Bonchev–Trinajstić information content (AvgIpc) is 2.70. The van der Waals surface area contributed by atoms with Gasteiger partial charge in [0.15, 0.2) is 0 Å². The van der Waals surface area contributed by atoms with Crippen LogP contribution in [0.3, 0.4) is 0 Å². The van der Waals surface area contributed by atoms with Crippen molar-refractivity contribution in [3.63, 3.8) is 0 Å². The Kier molecular flexibility index (Phi) is 6.49. The van der Waals surface area contributed by atoms with Gasteiger partial charge in [-0.1, -0.05) is 42.5 Å². The largest absolute Gasteiger partial charge is 0.492 e. The highest BCUT2D eigenvalue weighted by molar-refractivity contribution is 8.00. The fourth-order valence-electron chi connectivity index (χ4n) is 2.60. The molecule has 0 aliphatic carbocycles. The molecule has 0 heterocycles. The summed E-state index contributed by atoms with van der Waals surface area (Å²) >= 11 is 1.38. The van der Waals surface area contributed by atoms with Gasteiger partial charge in [-0.2, -0.15) is 0 Å². The van der Waals surface area contributed by atoms with Crippen LogP contribution >= 0.6 is 11.8 Å². The molecule has 0 aromatic heterocycles. The number of anilines is 1. The summed E-state index contributed by atoms with van der Waals surface area (Å²) in [6.07, 6.45) is 0. The lowest BCUT2D eigenvalue weighted by molar-refractivity contribution is -0.115. The molecule has 1 amide bonds. The van der Waals surface area contributed by atoms with E-state index < -0.39 is 5.25 Å². The van der Waals surface area contributed by atoms with Gasteiger partial charge in [-0.15, -0.1) is 11.8 Å². The Morgan fingerprint density at radius 3 is 2.37 bits per heavy atom. The number of carbonyl (C=O) groups excluding carboxylic acids is 1. The summed E-state index contributed by atoms with van der Waals surface area (Å²) < 4.78 is 18.8. The topological polar surface area (TPSA) is 38.3 Å². The molecule has 1 N–H and O–H groups in total. The number of rotatable bonds is 7. The number of hydrogen-bond donors (Lipinski definition) is 1. The molecule has 0 aliphatic rings.